The number of allylic oxidation sites excluding steroid dienone is 2. The Hall–Kier alpha value is -3.49. The Balaban J connectivity index is 1.74. The summed E-state index contributed by atoms with van der Waals surface area (Å²) in [7, 11) is -3.02. The molecule has 0 radical (unpaired) electrons. The maximum absolute atomic E-state index is 15.3. The van der Waals surface area contributed by atoms with Gasteiger partial charge in [0.15, 0.2) is 0 Å². The number of aryl methyl sites for hydroxylation is 1. The average molecular weight is 680 g/mol. The third-order valence-electron chi connectivity index (χ3n) is 6.94. The lowest BCUT2D eigenvalue weighted by atomic mass is 9.78. The summed E-state index contributed by atoms with van der Waals surface area (Å²) in [5, 5.41) is 1.59. The molecule has 246 valence electrons. The van der Waals surface area contributed by atoms with Crippen LogP contribution in [0.2, 0.25) is 5.02 Å². The molecule has 45 heavy (non-hydrogen) atoms. The molecule has 0 fully saturated rings. The molecule has 0 saturated heterocycles. The van der Waals surface area contributed by atoms with E-state index in [1.807, 2.05) is 6.92 Å². The molecule has 0 amide bonds. The summed E-state index contributed by atoms with van der Waals surface area (Å²) in [5.74, 6) is -5.98. The van der Waals surface area contributed by atoms with Crippen LogP contribution >= 0.6 is 11.6 Å². The maximum atomic E-state index is 15.3. The predicted molar refractivity (Wildman–Crippen MR) is 154 cm³/mol. The Bertz CT molecular complexity index is 1590. The summed E-state index contributed by atoms with van der Waals surface area (Å²) in [6.45, 7) is 1.39. The topological polar surface area (TPSA) is 108 Å². The number of methoxy groups -OCH3 is 1. The quantitative estimate of drug-likeness (QED) is 0.108. The smallest absolute Gasteiger partial charge is 0.418 e. The number of esters is 2. The highest BCUT2D eigenvalue weighted by Crippen LogP contribution is 2.47. The summed E-state index contributed by atoms with van der Waals surface area (Å²) in [4.78, 5) is 26.1. The van der Waals surface area contributed by atoms with Crippen molar-refractivity contribution >= 4 is 33.7 Å². The molecule has 1 aliphatic heterocycles. The van der Waals surface area contributed by atoms with Gasteiger partial charge in [0.1, 0.15) is 12.5 Å². The molecule has 0 aliphatic carbocycles. The second-order valence-corrected chi connectivity index (χ2v) is 12.1. The standard InChI is InChI=1S/C30H31ClF5NO7S/c1-17-8-10-19(11-9-17)45(40,41)44-15-7-5-4-6-14-43-29(39)23-18(2)37-22(16-32)25(28(38)42-3)26(23)24-21(33)13-12-20(31)27(24)30(34,35)36/h8-13,26,37H,4-7,14-16H2,1-3H3. The second kappa shape index (κ2) is 15.2. The zero-order chi connectivity index (χ0) is 33.5. The normalized spacial score (nSPS) is 15.6. The summed E-state index contributed by atoms with van der Waals surface area (Å²) in [5.41, 5.74) is -3.89. The van der Waals surface area contributed by atoms with Gasteiger partial charge in [-0.25, -0.2) is 18.4 Å². The van der Waals surface area contributed by atoms with Crippen molar-refractivity contribution in [3.8, 4) is 0 Å². The molecule has 0 bridgehead atoms. The van der Waals surface area contributed by atoms with Gasteiger partial charge in [0.25, 0.3) is 10.1 Å². The van der Waals surface area contributed by atoms with E-state index in [2.05, 4.69) is 10.1 Å². The molecule has 0 aromatic heterocycles. The maximum Gasteiger partial charge on any atom is 0.418 e. The van der Waals surface area contributed by atoms with Crippen LogP contribution in [0.15, 0.2) is 63.8 Å². The van der Waals surface area contributed by atoms with Crippen molar-refractivity contribution in [3.05, 3.63) is 86.5 Å². The molecular formula is C30H31ClF5NO7S. The highest BCUT2D eigenvalue weighted by Gasteiger charge is 2.46. The lowest BCUT2D eigenvalue weighted by Crippen LogP contribution is -2.35. The number of ether oxygens (including phenoxy) is 2. The Labute approximate surface area is 262 Å². The molecule has 1 N–H and O–H groups in total. The van der Waals surface area contributed by atoms with Crippen LogP contribution in [0, 0.1) is 12.7 Å². The number of halogens is 6. The highest BCUT2D eigenvalue weighted by atomic mass is 35.5. The zero-order valence-corrected chi connectivity index (χ0v) is 26.1. The Kier molecular flexibility index (Phi) is 12.2. The molecule has 1 atom stereocenters. The first-order chi connectivity index (χ1) is 21.1. The number of nitrogens with one attached hydrogen (secondary N) is 1. The number of carbonyl (C=O) groups is 2. The van der Waals surface area contributed by atoms with Crippen LogP contribution in [0.5, 0.6) is 0 Å². The fourth-order valence-electron chi connectivity index (χ4n) is 4.79. The fraction of sp³-hybridized carbons (Fsp3) is 0.400. The molecule has 1 aliphatic rings. The summed E-state index contributed by atoms with van der Waals surface area (Å²) in [6, 6.07) is 7.50. The number of hydrogen-bond donors (Lipinski definition) is 1. The van der Waals surface area contributed by atoms with Gasteiger partial charge in [-0.15, -0.1) is 0 Å². The van der Waals surface area contributed by atoms with Gasteiger partial charge in [0.05, 0.1) is 58.6 Å². The van der Waals surface area contributed by atoms with E-state index >= 15 is 4.39 Å². The number of alkyl halides is 4. The third kappa shape index (κ3) is 8.61. The zero-order valence-electron chi connectivity index (χ0n) is 24.5. The second-order valence-electron chi connectivity index (χ2n) is 10.1. The van der Waals surface area contributed by atoms with E-state index in [1.165, 1.54) is 19.1 Å². The summed E-state index contributed by atoms with van der Waals surface area (Å²) in [6.07, 6.45) is -3.63. The molecule has 2 aromatic rings. The van der Waals surface area contributed by atoms with Crippen molar-refractivity contribution in [1.82, 2.24) is 5.32 Å². The first-order valence-electron chi connectivity index (χ1n) is 13.7. The molecule has 0 spiro atoms. The van der Waals surface area contributed by atoms with Gasteiger partial charge >= 0.3 is 18.1 Å². The number of benzene rings is 2. The van der Waals surface area contributed by atoms with Crippen molar-refractivity contribution in [2.45, 2.75) is 56.5 Å². The lowest BCUT2D eigenvalue weighted by molar-refractivity contribution is -0.141. The molecule has 3 rings (SSSR count). The van der Waals surface area contributed by atoms with Gasteiger partial charge in [-0.05, 0) is 57.4 Å². The van der Waals surface area contributed by atoms with E-state index in [9.17, 15) is 35.6 Å². The summed E-state index contributed by atoms with van der Waals surface area (Å²) < 4.78 is 111. The van der Waals surface area contributed by atoms with E-state index in [1.54, 1.807) is 12.1 Å². The van der Waals surface area contributed by atoms with Crippen molar-refractivity contribution in [3.63, 3.8) is 0 Å². The van der Waals surface area contributed by atoms with E-state index in [4.69, 9.17) is 20.5 Å². The van der Waals surface area contributed by atoms with Crippen LogP contribution < -0.4 is 5.32 Å². The third-order valence-corrected chi connectivity index (χ3v) is 8.58. The molecule has 15 heteroatoms. The van der Waals surface area contributed by atoms with Crippen LogP contribution in [0.25, 0.3) is 0 Å². The average Bonchev–Trinajstić information content (AvgIpc) is 2.97. The number of carbonyl (C=O) groups excluding carboxylic acids is 2. The SMILES string of the molecule is COC(=O)C1=C(CF)NC(C)=C(C(=O)OCCCCCCOS(=O)(=O)c2ccc(C)cc2)C1c1c(F)ccc(Cl)c1C(F)(F)F. The van der Waals surface area contributed by atoms with Crippen LogP contribution in [-0.2, 0) is 39.5 Å². The van der Waals surface area contributed by atoms with Crippen molar-refractivity contribution in [2.75, 3.05) is 27.0 Å². The van der Waals surface area contributed by atoms with Crippen LogP contribution in [0.1, 0.15) is 55.2 Å². The largest absolute Gasteiger partial charge is 0.466 e. The van der Waals surface area contributed by atoms with Gasteiger partial charge in [-0.3, -0.25) is 4.18 Å². The van der Waals surface area contributed by atoms with Crippen molar-refractivity contribution in [2.24, 2.45) is 0 Å². The van der Waals surface area contributed by atoms with E-state index in [0.717, 1.165) is 12.7 Å². The number of hydrogen-bond acceptors (Lipinski definition) is 8. The highest BCUT2D eigenvalue weighted by molar-refractivity contribution is 7.86. The van der Waals surface area contributed by atoms with E-state index in [0.29, 0.717) is 31.4 Å². The van der Waals surface area contributed by atoms with Gasteiger partial charge in [-0.2, -0.15) is 21.6 Å². The molecule has 1 unspecified atom stereocenters. The fourth-order valence-corrected chi connectivity index (χ4v) is 6.01. The molecule has 1 heterocycles. The first-order valence-corrected chi connectivity index (χ1v) is 15.5. The van der Waals surface area contributed by atoms with E-state index < -0.39 is 79.6 Å². The van der Waals surface area contributed by atoms with Gasteiger partial charge in [0.2, 0.25) is 0 Å². The van der Waals surface area contributed by atoms with E-state index in [-0.39, 0.29) is 30.2 Å². The molecular weight excluding hydrogens is 649 g/mol. The minimum Gasteiger partial charge on any atom is -0.466 e. The minimum absolute atomic E-state index is 0.0314. The Morgan fingerprint density at radius 2 is 1.56 bits per heavy atom. The Morgan fingerprint density at radius 3 is 2.13 bits per heavy atom. The minimum atomic E-state index is -5.22. The predicted octanol–water partition coefficient (Wildman–Crippen LogP) is 6.67. The van der Waals surface area contributed by atoms with Crippen molar-refractivity contribution in [1.29, 1.82) is 0 Å². The van der Waals surface area contributed by atoms with Gasteiger partial charge < -0.3 is 14.8 Å². The van der Waals surface area contributed by atoms with Crippen LogP contribution in [0.3, 0.4) is 0 Å². The molecule has 0 saturated carbocycles. The number of rotatable bonds is 13. The summed E-state index contributed by atoms with van der Waals surface area (Å²) >= 11 is 5.83. The molecule has 2 aromatic carbocycles. The van der Waals surface area contributed by atoms with Crippen molar-refractivity contribution < 1.29 is 53.6 Å². The van der Waals surface area contributed by atoms with Crippen LogP contribution in [0.4, 0.5) is 22.0 Å². The first kappa shape index (κ1) is 36.0. The number of dihydropyridines is 1. The Morgan fingerprint density at radius 1 is 0.933 bits per heavy atom. The van der Waals surface area contributed by atoms with Gasteiger partial charge in [-0.1, -0.05) is 35.7 Å². The monoisotopic (exact) mass is 679 g/mol. The van der Waals surface area contributed by atoms with Gasteiger partial charge in [0, 0.05) is 11.3 Å². The van der Waals surface area contributed by atoms with Crippen LogP contribution in [-0.4, -0.2) is 47.4 Å². The lowest BCUT2D eigenvalue weighted by Gasteiger charge is -2.32. The number of unbranched alkanes of at least 4 members (excludes halogenated alkanes) is 3. The molecule has 8 nitrogen and oxygen atoms in total.